The third-order valence-electron chi connectivity index (χ3n) is 9.53. The number of alkyl halides is 3. The Balaban J connectivity index is 0.00000107. The summed E-state index contributed by atoms with van der Waals surface area (Å²) in [6.07, 6.45) is 2.92. The summed E-state index contributed by atoms with van der Waals surface area (Å²) in [4.78, 5) is 0. The van der Waals surface area contributed by atoms with E-state index in [4.69, 9.17) is 28.9 Å². The predicted octanol–water partition coefficient (Wildman–Crippen LogP) is 12.0. The molecule has 382 valence electrons. The molecule has 0 saturated carbocycles. The van der Waals surface area contributed by atoms with E-state index in [-0.39, 0.29) is 47.6 Å². The van der Waals surface area contributed by atoms with Crippen LogP contribution in [-0.4, -0.2) is 30.3 Å². The van der Waals surface area contributed by atoms with Crippen LogP contribution in [0.5, 0.6) is 0 Å². The Morgan fingerprint density at radius 2 is 0.534 bits per heavy atom. The van der Waals surface area contributed by atoms with E-state index >= 15 is 0 Å². The molecule has 15 heteroatoms. The Morgan fingerprint density at radius 3 is 0.616 bits per heavy atom. The molecule has 0 heterocycles. The van der Waals surface area contributed by atoms with Gasteiger partial charge in [0.2, 0.25) is 0 Å². The minimum absolute atomic E-state index is 0. The van der Waals surface area contributed by atoms with Gasteiger partial charge in [-0.1, -0.05) is 243 Å². The van der Waals surface area contributed by atoms with E-state index in [9.17, 15) is 13.2 Å². The molecule has 5 nitrogen and oxygen atoms in total. The van der Waals surface area contributed by atoms with E-state index in [0.29, 0.717) is 0 Å². The van der Waals surface area contributed by atoms with E-state index in [1.54, 1.807) is 0 Å². The first-order valence-corrected chi connectivity index (χ1v) is 28.6. The molecule has 0 spiro atoms. The first-order valence-electron chi connectivity index (χ1n) is 21.1. The Labute approximate surface area is 462 Å². The number of hydrogen-bond acceptors (Lipinski definition) is 3. The topological polar surface area (TPSA) is 97.0 Å². The van der Waals surface area contributed by atoms with E-state index in [0.717, 1.165) is 0 Å². The molecule has 8 rings (SSSR count). The van der Waals surface area contributed by atoms with E-state index in [1.165, 1.54) is 66.4 Å². The predicted molar refractivity (Wildman–Crippen MR) is 295 cm³/mol. The Morgan fingerprint density at radius 1 is 0.425 bits per heavy atom. The van der Waals surface area contributed by atoms with Crippen molar-refractivity contribution in [1.82, 2.24) is 0 Å². The monoisotopic (exact) mass is 1430 g/mol. The summed E-state index contributed by atoms with van der Waals surface area (Å²) in [6.45, 7) is 17.1. The van der Waals surface area contributed by atoms with Crippen molar-refractivity contribution < 1.29 is 75.7 Å². The molecular formula is C58H52F3Ir2O5P4S-3. The Kier molecular flexibility index (Phi) is 36.5. The van der Waals surface area contributed by atoms with Crippen LogP contribution in [0.4, 0.5) is 13.2 Å². The molecule has 8 aromatic carbocycles. The second-order valence-electron chi connectivity index (χ2n) is 14.0. The quantitative estimate of drug-likeness (QED) is 0.0287. The average molecular weight is 1430 g/mol. The van der Waals surface area contributed by atoms with Crippen LogP contribution in [0.1, 0.15) is 0 Å². The molecule has 73 heavy (non-hydrogen) atoms. The summed E-state index contributed by atoms with van der Waals surface area (Å²) in [5, 5.41) is 11.7. The van der Waals surface area contributed by atoms with Crippen LogP contribution in [0.2, 0.25) is 0 Å². The van der Waals surface area contributed by atoms with Crippen LogP contribution in [0.3, 0.4) is 0 Å². The van der Waals surface area contributed by atoms with Gasteiger partial charge in [-0.05, 0) is 74.1 Å². The fourth-order valence-electron chi connectivity index (χ4n) is 6.40. The van der Waals surface area contributed by atoms with Gasteiger partial charge >= 0.3 is 28.1 Å². The molecule has 0 aliphatic rings. The zero-order chi connectivity index (χ0) is 51.0. The molecule has 0 aliphatic carbocycles. The normalized spacial score (nSPS) is 10.0. The second kappa shape index (κ2) is 38.9. The molecule has 0 bridgehead atoms. The van der Waals surface area contributed by atoms with Gasteiger partial charge in [0, 0.05) is 52.0 Å². The summed E-state index contributed by atoms with van der Waals surface area (Å²) >= 11 is 0. The summed E-state index contributed by atoms with van der Waals surface area (Å²) in [6, 6.07) is 88.3. The largest absolute Gasteiger partial charge is 0.358 e. The van der Waals surface area contributed by atoms with Crippen molar-refractivity contribution in [3.63, 3.8) is 0 Å². The second-order valence-corrected chi connectivity index (χ2v) is 25.2. The van der Waals surface area contributed by atoms with Crippen LogP contribution in [0.25, 0.3) is 0 Å². The number of rotatable bonds is 13. The van der Waals surface area contributed by atoms with Crippen molar-refractivity contribution in [1.29, 1.82) is 0 Å². The zero-order valence-electron chi connectivity index (χ0n) is 39.5. The summed E-state index contributed by atoms with van der Waals surface area (Å²) in [5.41, 5.74) is -5.65. The molecule has 0 saturated heterocycles. The van der Waals surface area contributed by atoms with Crippen molar-refractivity contribution >= 4 is 84.2 Å². The first kappa shape index (κ1) is 68.4. The standard InChI is InChI=1S/2C25H22P2.C4H5.CHF3O3S.2CO.CH3.2Ir/c2*1-5-13-22(14-6-1)26(23-15-7-2-8-16-23)21-27(24-17-9-3-10-18-24)25-19-11-4-12-20-25;1-3-4-2;2-1(3,4)8(5,6)7;2*1-2;;;/h2*1-20H,21H2;1,3-4H,2H2;(H,5,6,7);;;1H3;;/q;;-1;;;;-1;;/p-1. The third-order valence-corrected chi connectivity index (χ3v) is 22.0. The van der Waals surface area contributed by atoms with Crippen molar-refractivity contribution in [2.45, 2.75) is 5.51 Å². The molecule has 0 atom stereocenters. The van der Waals surface area contributed by atoms with Gasteiger partial charge < -0.3 is 12.0 Å². The number of benzene rings is 8. The van der Waals surface area contributed by atoms with E-state index in [2.05, 4.69) is 263 Å². The smallest absolute Gasteiger partial charge is 0.00405 e. The first-order chi connectivity index (χ1) is 34.0. The molecule has 0 fully saturated rings. The Hall–Kier alpha value is -4.56. The number of allylic oxidation sites excluding steroid dienone is 2. The van der Waals surface area contributed by atoms with Gasteiger partial charge in [0.15, 0.2) is 10.1 Å². The van der Waals surface area contributed by atoms with Gasteiger partial charge in [-0.25, -0.2) is 20.6 Å². The average Bonchev–Trinajstić information content (AvgIpc) is 3.42. The van der Waals surface area contributed by atoms with Gasteiger partial charge in [0.1, 0.15) is 0 Å². The van der Waals surface area contributed by atoms with Gasteiger partial charge in [-0.15, -0.1) is 0 Å². The molecule has 0 aromatic heterocycles. The van der Waals surface area contributed by atoms with Gasteiger partial charge in [0.25, 0.3) is 0 Å². The van der Waals surface area contributed by atoms with Gasteiger partial charge in [-0.2, -0.15) is 19.8 Å². The minimum Gasteiger partial charge on any atom is -0.358 e. The van der Waals surface area contributed by atoms with E-state index in [1.807, 2.05) is 0 Å². The molecule has 0 amide bonds. The van der Waals surface area contributed by atoms with E-state index < -0.39 is 47.3 Å². The molecular weight excluding hydrogens is 1370 g/mol. The van der Waals surface area contributed by atoms with Crippen molar-refractivity contribution in [3.05, 3.63) is 289 Å². The van der Waals surface area contributed by atoms with Crippen LogP contribution in [0, 0.1) is 27.3 Å². The van der Waals surface area contributed by atoms with Crippen LogP contribution in [0.15, 0.2) is 261 Å². The maximum absolute atomic E-state index is 10.7. The minimum atomic E-state index is -6.09. The van der Waals surface area contributed by atoms with Gasteiger partial charge in [-0.3, -0.25) is 6.58 Å². The SMILES string of the molecule is O=S(=O)([O-])C(F)(F)F.[C-]#[O+].[C-]#[O+].[CH-]=CC=C.[CH3-].[Ir].[Ir].c1ccc(P(CP(c2ccccc2)c2ccccc2)c2ccccc2)cc1.c1ccc(P(CP(c2ccccc2)c2ccccc2)c2ccccc2)cc1. The van der Waals surface area contributed by atoms with Crippen LogP contribution < -0.4 is 42.4 Å². The molecule has 8 aromatic rings. The maximum atomic E-state index is 10.7. The zero-order valence-corrected chi connectivity index (χ0v) is 48.7. The number of hydrogen-bond donors (Lipinski definition) is 0. The summed E-state index contributed by atoms with van der Waals surface area (Å²) < 4.78 is 73.9. The summed E-state index contributed by atoms with van der Waals surface area (Å²) in [5.74, 6) is 2.35. The van der Waals surface area contributed by atoms with Crippen molar-refractivity contribution in [2.24, 2.45) is 0 Å². The summed E-state index contributed by atoms with van der Waals surface area (Å²) in [7, 11) is -7.72. The molecule has 0 aliphatic heterocycles. The molecule has 0 unspecified atom stereocenters. The van der Waals surface area contributed by atoms with Crippen LogP contribution in [-0.2, 0) is 59.6 Å². The molecule has 2 radical (unpaired) electrons. The third kappa shape index (κ3) is 24.1. The van der Waals surface area contributed by atoms with Crippen molar-refractivity contribution in [3.8, 4) is 0 Å². The fraction of sp³-hybridized carbons (Fsp3) is 0.0517. The van der Waals surface area contributed by atoms with Crippen LogP contribution >= 0.6 is 31.7 Å². The molecule has 0 N–H and O–H groups in total. The van der Waals surface area contributed by atoms with Gasteiger partial charge in [0.05, 0.1) is 0 Å². The Bertz CT molecular complexity index is 2310. The van der Waals surface area contributed by atoms with Crippen molar-refractivity contribution in [2.75, 3.05) is 11.8 Å². The maximum Gasteiger partial charge on any atom is 0.00405 e. The fourth-order valence-corrected chi connectivity index (χ4v) is 19.3. The number of halogens is 3.